The van der Waals surface area contributed by atoms with Crippen LogP contribution < -0.4 is 15.8 Å². The zero-order chi connectivity index (χ0) is 16.8. The lowest BCUT2D eigenvalue weighted by Crippen LogP contribution is -2.30. The summed E-state index contributed by atoms with van der Waals surface area (Å²) in [6.07, 6.45) is 2.10. The number of anilines is 1. The molecule has 0 amide bonds. The van der Waals surface area contributed by atoms with Crippen molar-refractivity contribution in [2.45, 2.75) is 25.4 Å². The van der Waals surface area contributed by atoms with E-state index in [1.54, 1.807) is 0 Å². The van der Waals surface area contributed by atoms with Gasteiger partial charge in [-0.25, -0.2) is 0 Å². The lowest BCUT2D eigenvalue weighted by Gasteiger charge is -2.20. The summed E-state index contributed by atoms with van der Waals surface area (Å²) in [6, 6.07) is 17.3. The monoisotopic (exact) mass is 453 g/mol. The number of hydrogen-bond acceptors (Lipinski definition) is 3. The molecule has 2 aromatic rings. The Bertz CT molecular complexity index is 701. The molecule has 0 saturated carbocycles. The van der Waals surface area contributed by atoms with Gasteiger partial charge in [0.2, 0.25) is 0 Å². The van der Waals surface area contributed by atoms with Crippen LogP contribution in [-0.2, 0) is 4.74 Å². The van der Waals surface area contributed by atoms with Crippen molar-refractivity contribution in [1.29, 1.82) is 0 Å². The van der Waals surface area contributed by atoms with E-state index in [0.29, 0.717) is 12.5 Å². The molecule has 1 fully saturated rings. The van der Waals surface area contributed by atoms with Crippen LogP contribution in [0.3, 0.4) is 0 Å². The van der Waals surface area contributed by atoms with Gasteiger partial charge in [0.15, 0.2) is 5.96 Å². The first-order valence-corrected chi connectivity index (χ1v) is 8.17. The molecule has 1 aliphatic heterocycles. The van der Waals surface area contributed by atoms with Gasteiger partial charge in [0.25, 0.3) is 0 Å². The summed E-state index contributed by atoms with van der Waals surface area (Å²) < 4.78 is 11.5. The summed E-state index contributed by atoms with van der Waals surface area (Å²) in [5.74, 6) is 1.91. The molecule has 1 aliphatic rings. The van der Waals surface area contributed by atoms with Crippen LogP contribution in [0.1, 0.15) is 19.8 Å². The fraction of sp³-hybridized carbons (Fsp3) is 0.316. The molecule has 0 spiro atoms. The first-order valence-electron chi connectivity index (χ1n) is 8.17. The van der Waals surface area contributed by atoms with Crippen molar-refractivity contribution in [3.8, 4) is 11.5 Å². The maximum Gasteiger partial charge on any atom is 0.193 e. The summed E-state index contributed by atoms with van der Waals surface area (Å²) in [5, 5.41) is 3.10. The highest BCUT2D eigenvalue weighted by Crippen LogP contribution is 2.26. The Morgan fingerprint density at radius 3 is 2.68 bits per heavy atom. The average Bonchev–Trinajstić information content (AvgIpc) is 3.02. The van der Waals surface area contributed by atoms with Crippen LogP contribution in [0.25, 0.3) is 0 Å². The van der Waals surface area contributed by atoms with Crippen molar-refractivity contribution in [3.63, 3.8) is 0 Å². The Hall–Kier alpha value is -1.80. The van der Waals surface area contributed by atoms with E-state index in [1.807, 2.05) is 54.6 Å². The Kier molecular flexibility index (Phi) is 7.07. The molecule has 1 unspecified atom stereocenters. The molecule has 0 aliphatic carbocycles. The third kappa shape index (κ3) is 5.89. The van der Waals surface area contributed by atoms with Crippen molar-refractivity contribution in [3.05, 3.63) is 54.6 Å². The number of nitrogens with two attached hydrogens (primary N) is 1. The van der Waals surface area contributed by atoms with Crippen LogP contribution >= 0.6 is 24.0 Å². The summed E-state index contributed by atoms with van der Waals surface area (Å²) in [7, 11) is 0. The summed E-state index contributed by atoms with van der Waals surface area (Å²) in [5.41, 5.74) is 6.63. The molecule has 3 rings (SSSR count). The van der Waals surface area contributed by atoms with Gasteiger partial charge < -0.3 is 20.5 Å². The number of nitrogens with zero attached hydrogens (tertiary/aromatic N) is 1. The normalized spacial score (nSPS) is 20.0. The van der Waals surface area contributed by atoms with E-state index >= 15 is 0 Å². The number of nitrogens with one attached hydrogen (secondary N) is 1. The lowest BCUT2D eigenvalue weighted by molar-refractivity contribution is 0.0284. The largest absolute Gasteiger partial charge is 0.457 e. The van der Waals surface area contributed by atoms with Gasteiger partial charge in [0.05, 0.1) is 12.1 Å². The molecule has 6 heteroatoms. The molecule has 0 bridgehead atoms. The van der Waals surface area contributed by atoms with Gasteiger partial charge in [0.1, 0.15) is 11.5 Å². The second-order valence-electron chi connectivity index (χ2n) is 6.17. The lowest BCUT2D eigenvalue weighted by atomic mass is 10.0. The third-order valence-corrected chi connectivity index (χ3v) is 3.97. The number of guanidine groups is 1. The fourth-order valence-corrected chi connectivity index (χ4v) is 2.66. The molecule has 0 aromatic heterocycles. The smallest absolute Gasteiger partial charge is 0.193 e. The molecule has 1 saturated heterocycles. The zero-order valence-electron chi connectivity index (χ0n) is 14.3. The maximum absolute atomic E-state index is 5.99. The predicted octanol–water partition coefficient (Wildman–Crippen LogP) is 4.39. The topological polar surface area (TPSA) is 68.9 Å². The first-order chi connectivity index (χ1) is 11.6. The van der Waals surface area contributed by atoms with Crippen LogP contribution in [0.5, 0.6) is 11.5 Å². The fourth-order valence-electron chi connectivity index (χ4n) is 2.66. The van der Waals surface area contributed by atoms with E-state index < -0.39 is 0 Å². The number of para-hydroxylation sites is 1. The van der Waals surface area contributed by atoms with Crippen LogP contribution in [0.15, 0.2) is 59.6 Å². The third-order valence-electron chi connectivity index (χ3n) is 3.97. The summed E-state index contributed by atoms with van der Waals surface area (Å²) in [6.45, 7) is 3.44. The van der Waals surface area contributed by atoms with Gasteiger partial charge in [-0.05, 0) is 44.0 Å². The van der Waals surface area contributed by atoms with E-state index in [-0.39, 0.29) is 29.6 Å². The van der Waals surface area contributed by atoms with E-state index in [2.05, 4.69) is 17.2 Å². The number of hydrogen-bond donors (Lipinski definition) is 2. The van der Waals surface area contributed by atoms with E-state index in [4.69, 9.17) is 15.2 Å². The molecule has 1 atom stereocenters. The SMILES string of the molecule is CC1(CN=C(N)Nc2cccc(Oc3ccccc3)c2)CCCO1.I. The molecule has 5 nitrogen and oxygen atoms in total. The number of benzene rings is 2. The summed E-state index contributed by atoms with van der Waals surface area (Å²) >= 11 is 0. The van der Waals surface area contributed by atoms with E-state index in [1.165, 1.54) is 0 Å². The Morgan fingerprint density at radius 2 is 1.96 bits per heavy atom. The molecular weight excluding hydrogens is 429 g/mol. The molecule has 134 valence electrons. The maximum atomic E-state index is 5.99. The van der Waals surface area contributed by atoms with E-state index in [0.717, 1.165) is 36.6 Å². The highest BCUT2D eigenvalue weighted by Gasteiger charge is 2.29. The van der Waals surface area contributed by atoms with Crippen molar-refractivity contribution >= 4 is 35.6 Å². The quantitative estimate of drug-likeness (QED) is 0.400. The Balaban J connectivity index is 0.00000225. The van der Waals surface area contributed by atoms with Gasteiger partial charge in [-0.1, -0.05) is 24.3 Å². The molecule has 25 heavy (non-hydrogen) atoms. The molecule has 2 aromatic carbocycles. The minimum atomic E-state index is -0.190. The minimum Gasteiger partial charge on any atom is -0.457 e. The standard InChI is InChI=1S/C19H23N3O2.HI/c1-19(11-6-12-23-19)14-21-18(20)22-15-7-5-10-17(13-15)24-16-8-3-2-4-9-16;/h2-5,7-10,13H,6,11-12,14H2,1H3,(H3,20,21,22);1H. The van der Waals surface area contributed by atoms with Crippen LogP contribution in [0, 0.1) is 0 Å². The van der Waals surface area contributed by atoms with Crippen molar-refractivity contribution in [1.82, 2.24) is 0 Å². The van der Waals surface area contributed by atoms with Crippen molar-refractivity contribution in [2.75, 3.05) is 18.5 Å². The highest BCUT2D eigenvalue weighted by molar-refractivity contribution is 14.0. The molecule has 1 heterocycles. The number of ether oxygens (including phenoxy) is 2. The molecule has 3 N–H and O–H groups in total. The van der Waals surface area contributed by atoms with Crippen molar-refractivity contribution < 1.29 is 9.47 Å². The van der Waals surface area contributed by atoms with Crippen LogP contribution in [0.4, 0.5) is 5.69 Å². The zero-order valence-corrected chi connectivity index (χ0v) is 16.6. The Labute approximate surface area is 165 Å². The van der Waals surface area contributed by atoms with E-state index in [9.17, 15) is 0 Å². The first kappa shape index (κ1) is 19.5. The minimum absolute atomic E-state index is 0. The van der Waals surface area contributed by atoms with Gasteiger partial charge in [-0.3, -0.25) is 4.99 Å². The van der Waals surface area contributed by atoms with Crippen LogP contribution in [-0.4, -0.2) is 24.7 Å². The number of aliphatic imine (C=N–C) groups is 1. The molecular formula is C19H24IN3O2. The summed E-state index contributed by atoms with van der Waals surface area (Å²) in [4.78, 5) is 4.40. The molecule has 0 radical (unpaired) electrons. The highest BCUT2D eigenvalue weighted by atomic mass is 127. The van der Waals surface area contributed by atoms with Gasteiger partial charge >= 0.3 is 0 Å². The average molecular weight is 453 g/mol. The predicted molar refractivity (Wildman–Crippen MR) is 112 cm³/mol. The second kappa shape index (κ2) is 9.05. The van der Waals surface area contributed by atoms with Gasteiger partial charge in [-0.15, -0.1) is 24.0 Å². The second-order valence-corrected chi connectivity index (χ2v) is 6.17. The van der Waals surface area contributed by atoms with Gasteiger partial charge in [-0.2, -0.15) is 0 Å². The van der Waals surface area contributed by atoms with Crippen LogP contribution in [0.2, 0.25) is 0 Å². The van der Waals surface area contributed by atoms with Crippen molar-refractivity contribution in [2.24, 2.45) is 10.7 Å². The van der Waals surface area contributed by atoms with Gasteiger partial charge in [0, 0.05) is 18.4 Å². The number of rotatable bonds is 5. The Morgan fingerprint density at radius 1 is 1.20 bits per heavy atom. The number of halogens is 1.